The van der Waals surface area contributed by atoms with E-state index in [1.807, 2.05) is 0 Å². The number of aliphatic carboxylic acids is 1. The Kier molecular flexibility index (Phi) is 4.71. The maximum absolute atomic E-state index is 11.6. The maximum Gasteiger partial charge on any atom is 0.409 e. The van der Waals surface area contributed by atoms with E-state index < -0.39 is 24.0 Å². The first-order chi connectivity index (χ1) is 11.5. The number of rotatable bonds is 7. The molecule has 7 nitrogen and oxygen atoms in total. The molecule has 3 aliphatic rings. The van der Waals surface area contributed by atoms with Crippen molar-refractivity contribution in [3.63, 3.8) is 0 Å². The zero-order valence-corrected chi connectivity index (χ0v) is 14.1. The highest BCUT2D eigenvalue weighted by atomic mass is 16.7. The van der Waals surface area contributed by atoms with E-state index in [9.17, 15) is 14.7 Å². The van der Waals surface area contributed by atoms with E-state index in [4.69, 9.17) is 14.2 Å². The number of amides is 1. The second kappa shape index (κ2) is 6.63. The molecule has 0 aromatic heterocycles. The molecule has 2 N–H and O–H groups in total. The number of hydrogen-bond acceptors (Lipinski definition) is 5. The summed E-state index contributed by atoms with van der Waals surface area (Å²) in [7, 11) is 1.48. The van der Waals surface area contributed by atoms with Crippen LogP contribution in [0.15, 0.2) is 11.8 Å². The topological polar surface area (TPSA) is 97.4 Å². The Hall–Kier alpha value is -1.76. The van der Waals surface area contributed by atoms with E-state index in [0.29, 0.717) is 6.42 Å². The third-order valence-electron chi connectivity index (χ3n) is 5.43. The molecule has 3 rings (SSSR count). The van der Waals surface area contributed by atoms with Gasteiger partial charge in [-0.1, -0.05) is 32.6 Å². The fourth-order valence-corrected chi connectivity index (χ4v) is 4.23. The number of epoxide rings is 1. The van der Waals surface area contributed by atoms with Gasteiger partial charge in [0.25, 0.3) is 6.29 Å². The molecule has 2 aliphatic heterocycles. The van der Waals surface area contributed by atoms with Crippen molar-refractivity contribution in [2.24, 2.45) is 11.8 Å². The first kappa shape index (κ1) is 17.1. The summed E-state index contributed by atoms with van der Waals surface area (Å²) in [5, 5.41) is 11.8. The molecule has 0 spiro atoms. The van der Waals surface area contributed by atoms with Gasteiger partial charge < -0.3 is 24.6 Å². The molecule has 1 saturated carbocycles. The molecule has 134 valence electrons. The van der Waals surface area contributed by atoms with Crippen LogP contribution in [0.2, 0.25) is 0 Å². The van der Waals surface area contributed by atoms with Crippen molar-refractivity contribution in [3.8, 4) is 0 Å². The van der Waals surface area contributed by atoms with E-state index >= 15 is 0 Å². The lowest BCUT2D eigenvalue weighted by molar-refractivity contribution is -0.150. The first-order valence-electron chi connectivity index (χ1n) is 8.68. The smallest absolute Gasteiger partial charge is 0.409 e. The highest BCUT2D eigenvalue weighted by molar-refractivity contribution is 5.87. The average Bonchev–Trinajstić information content (AvgIpc) is 3.15. The lowest BCUT2D eigenvalue weighted by Gasteiger charge is -2.36. The summed E-state index contributed by atoms with van der Waals surface area (Å²) >= 11 is 0. The monoisotopic (exact) mass is 339 g/mol. The molecule has 24 heavy (non-hydrogen) atoms. The Morgan fingerprint density at radius 1 is 1.42 bits per heavy atom. The fourth-order valence-electron chi connectivity index (χ4n) is 4.23. The van der Waals surface area contributed by atoms with Crippen LogP contribution in [0.25, 0.3) is 0 Å². The number of carbonyl (C=O) groups excluding carboxylic acids is 1. The van der Waals surface area contributed by atoms with E-state index in [-0.39, 0.29) is 23.5 Å². The minimum Gasteiger partial charge on any atom is -0.478 e. The number of alkyl carbamates (subject to hydrolysis) is 1. The number of carboxylic acids is 1. The van der Waals surface area contributed by atoms with Crippen LogP contribution in [0, 0.1) is 11.8 Å². The van der Waals surface area contributed by atoms with E-state index in [1.54, 1.807) is 0 Å². The number of carboxylic acid groups (broad SMARTS) is 1. The second-order valence-corrected chi connectivity index (χ2v) is 6.78. The van der Waals surface area contributed by atoms with Crippen LogP contribution in [0.4, 0.5) is 4.79 Å². The lowest BCUT2D eigenvalue weighted by atomic mass is 9.79. The molecule has 2 fully saturated rings. The third kappa shape index (κ3) is 2.85. The molecule has 5 atom stereocenters. The number of ether oxygens (including phenoxy) is 3. The van der Waals surface area contributed by atoms with E-state index in [1.165, 1.54) is 19.7 Å². The van der Waals surface area contributed by atoms with Gasteiger partial charge in [-0.25, -0.2) is 9.59 Å². The van der Waals surface area contributed by atoms with Crippen LogP contribution in [-0.4, -0.2) is 42.2 Å². The van der Waals surface area contributed by atoms with Crippen molar-refractivity contribution in [1.82, 2.24) is 5.32 Å². The van der Waals surface area contributed by atoms with Gasteiger partial charge in [-0.2, -0.15) is 0 Å². The second-order valence-electron chi connectivity index (χ2n) is 6.78. The maximum atomic E-state index is 11.6. The van der Waals surface area contributed by atoms with Gasteiger partial charge in [-0.15, -0.1) is 0 Å². The molecule has 5 unspecified atom stereocenters. The number of nitrogens with one attached hydrogen (secondary N) is 1. The summed E-state index contributed by atoms with van der Waals surface area (Å²) in [6.45, 7) is 2.16. The summed E-state index contributed by atoms with van der Waals surface area (Å²) in [6.07, 6.45) is 5.83. The molecule has 0 aromatic carbocycles. The number of carbonyl (C=O) groups is 2. The summed E-state index contributed by atoms with van der Waals surface area (Å²) < 4.78 is 16.8. The Morgan fingerprint density at radius 3 is 2.88 bits per heavy atom. The Balaban J connectivity index is 1.77. The molecule has 0 radical (unpaired) electrons. The van der Waals surface area contributed by atoms with Crippen molar-refractivity contribution in [2.75, 3.05) is 7.05 Å². The molecule has 1 amide bonds. The molecule has 0 aromatic rings. The predicted octanol–water partition coefficient (Wildman–Crippen LogP) is 2.41. The number of fused-ring (bicyclic) bond motifs is 3. The normalized spacial score (nSPS) is 36.0. The van der Waals surface area contributed by atoms with Gasteiger partial charge in [0.1, 0.15) is 5.60 Å². The largest absolute Gasteiger partial charge is 0.478 e. The highest BCUT2D eigenvalue weighted by Gasteiger charge is 2.72. The van der Waals surface area contributed by atoms with Gasteiger partial charge in [0.2, 0.25) is 0 Å². The fraction of sp³-hybridized carbons (Fsp3) is 0.765. The van der Waals surface area contributed by atoms with Crippen LogP contribution in [0.1, 0.15) is 45.4 Å². The predicted molar refractivity (Wildman–Crippen MR) is 84.1 cm³/mol. The third-order valence-corrected chi connectivity index (χ3v) is 5.43. The average molecular weight is 339 g/mol. The molecule has 7 heteroatoms. The minimum atomic E-state index is -0.981. The molecule has 2 heterocycles. The Labute approximate surface area is 141 Å². The van der Waals surface area contributed by atoms with Gasteiger partial charge >= 0.3 is 12.1 Å². The van der Waals surface area contributed by atoms with Gasteiger partial charge in [0, 0.05) is 13.0 Å². The minimum absolute atomic E-state index is 0.0364. The van der Waals surface area contributed by atoms with Gasteiger partial charge in [0.05, 0.1) is 23.9 Å². The summed E-state index contributed by atoms with van der Waals surface area (Å²) in [5.41, 5.74) is -0.160. The van der Waals surface area contributed by atoms with Crippen LogP contribution >= 0.6 is 0 Å². The van der Waals surface area contributed by atoms with Crippen molar-refractivity contribution in [2.45, 2.75) is 63.4 Å². The van der Waals surface area contributed by atoms with Crippen molar-refractivity contribution in [1.29, 1.82) is 0 Å². The molecular formula is C17H25NO6. The molecule has 1 aliphatic carbocycles. The Bertz CT molecular complexity index is 547. The van der Waals surface area contributed by atoms with E-state index in [0.717, 1.165) is 25.7 Å². The summed E-state index contributed by atoms with van der Waals surface area (Å²) in [6, 6.07) is 0. The molecule has 1 saturated heterocycles. The van der Waals surface area contributed by atoms with Crippen molar-refractivity contribution >= 4 is 12.1 Å². The van der Waals surface area contributed by atoms with Crippen LogP contribution in [0.5, 0.6) is 0 Å². The summed E-state index contributed by atoms with van der Waals surface area (Å²) in [4.78, 5) is 23.1. The quantitative estimate of drug-likeness (QED) is 0.546. The zero-order chi connectivity index (χ0) is 17.3. The van der Waals surface area contributed by atoms with Crippen molar-refractivity contribution < 1.29 is 28.9 Å². The number of unbranched alkanes of at least 4 members (excludes halogenated alkanes) is 3. The SMILES string of the molecule is CCCCCCC12OC1CC1C(C(=O)O)=COC(OC(=O)NC)C12. The van der Waals surface area contributed by atoms with E-state index in [2.05, 4.69) is 12.2 Å². The Morgan fingerprint density at radius 2 is 2.21 bits per heavy atom. The summed E-state index contributed by atoms with van der Waals surface area (Å²) in [5.74, 6) is -1.45. The highest BCUT2D eigenvalue weighted by Crippen LogP contribution is 2.63. The molecular weight excluding hydrogens is 314 g/mol. The van der Waals surface area contributed by atoms with Crippen molar-refractivity contribution in [3.05, 3.63) is 11.8 Å². The van der Waals surface area contributed by atoms with Crippen LogP contribution in [0.3, 0.4) is 0 Å². The number of hydrogen-bond donors (Lipinski definition) is 2. The van der Waals surface area contributed by atoms with Gasteiger partial charge in [-0.05, 0) is 12.8 Å². The van der Waals surface area contributed by atoms with Crippen LogP contribution < -0.4 is 5.32 Å². The van der Waals surface area contributed by atoms with Crippen LogP contribution in [-0.2, 0) is 19.0 Å². The standard InChI is InChI=1S/C17H25NO6/c1-3-4-5-6-7-17-12(24-17)8-10-11(14(19)20)9-22-15(13(10)17)23-16(21)18-2/h9-10,12-13,15H,3-8H2,1-2H3,(H,18,21)(H,19,20). The zero-order valence-electron chi connectivity index (χ0n) is 14.1. The van der Waals surface area contributed by atoms with Gasteiger partial charge in [0.15, 0.2) is 0 Å². The van der Waals surface area contributed by atoms with Gasteiger partial charge in [-0.3, -0.25) is 0 Å². The lowest BCUT2D eigenvalue weighted by Crippen LogP contribution is -2.45. The molecule has 0 bridgehead atoms. The first-order valence-corrected chi connectivity index (χ1v) is 8.68.